The van der Waals surface area contributed by atoms with Gasteiger partial charge in [-0.2, -0.15) is 5.10 Å². The van der Waals surface area contributed by atoms with E-state index in [1.165, 1.54) is 0 Å². The highest BCUT2D eigenvalue weighted by Gasteiger charge is 2.50. The Bertz CT molecular complexity index is 572. The van der Waals surface area contributed by atoms with Crippen molar-refractivity contribution in [3.05, 3.63) is 17.5 Å². The molecular formula is C14H22N4O2. The van der Waals surface area contributed by atoms with Crippen LogP contribution in [-0.4, -0.2) is 37.6 Å². The second-order valence-corrected chi connectivity index (χ2v) is 6.43. The van der Waals surface area contributed by atoms with Crippen LogP contribution in [0.3, 0.4) is 0 Å². The number of carbonyl (C=O) groups excluding carboxylic acids is 2. The predicted molar refractivity (Wildman–Crippen MR) is 74.8 cm³/mol. The second-order valence-electron chi connectivity index (χ2n) is 6.43. The zero-order chi connectivity index (χ0) is 15.3. The van der Waals surface area contributed by atoms with Gasteiger partial charge in [-0.25, -0.2) is 0 Å². The van der Waals surface area contributed by atoms with Crippen molar-refractivity contribution in [1.29, 1.82) is 0 Å². The van der Waals surface area contributed by atoms with Gasteiger partial charge >= 0.3 is 0 Å². The van der Waals surface area contributed by atoms with Gasteiger partial charge in [-0.15, -0.1) is 0 Å². The lowest BCUT2D eigenvalue weighted by atomic mass is 9.89. The molecule has 0 unspecified atom stereocenters. The SMILES string of the molecule is Cc1cc(CN2C(=O)C(C)(C)NC(=O)C2(C)C)n(C)n1. The third-order valence-corrected chi connectivity index (χ3v) is 3.86. The molecule has 2 rings (SSSR count). The first-order valence-corrected chi connectivity index (χ1v) is 6.70. The van der Waals surface area contributed by atoms with Crippen molar-refractivity contribution in [3.63, 3.8) is 0 Å². The number of nitrogens with zero attached hydrogens (tertiary/aromatic N) is 3. The summed E-state index contributed by atoms with van der Waals surface area (Å²) in [6, 6.07) is 1.93. The van der Waals surface area contributed by atoms with Crippen LogP contribution in [0.1, 0.15) is 39.1 Å². The zero-order valence-electron chi connectivity index (χ0n) is 12.9. The molecular weight excluding hydrogens is 256 g/mol. The van der Waals surface area contributed by atoms with Crippen LogP contribution >= 0.6 is 0 Å². The predicted octanol–water partition coefficient (Wildman–Crippen LogP) is 0.744. The van der Waals surface area contributed by atoms with E-state index in [1.54, 1.807) is 37.3 Å². The van der Waals surface area contributed by atoms with Crippen LogP contribution in [0.25, 0.3) is 0 Å². The minimum absolute atomic E-state index is 0.0825. The Morgan fingerprint density at radius 3 is 2.35 bits per heavy atom. The molecule has 0 radical (unpaired) electrons. The molecule has 20 heavy (non-hydrogen) atoms. The Morgan fingerprint density at radius 2 is 1.85 bits per heavy atom. The fraction of sp³-hybridized carbons (Fsp3) is 0.643. The highest BCUT2D eigenvalue weighted by atomic mass is 16.2. The Kier molecular flexibility index (Phi) is 3.15. The summed E-state index contributed by atoms with van der Waals surface area (Å²) in [4.78, 5) is 26.5. The van der Waals surface area contributed by atoms with E-state index in [-0.39, 0.29) is 11.8 Å². The van der Waals surface area contributed by atoms with Crippen molar-refractivity contribution in [2.24, 2.45) is 7.05 Å². The molecule has 0 saturated carbocycles. The van der Waals surface area contributed by atoms with E-state index < -0.39 is 11.1 Å². The monoisotopic (exact) mass is 278 g/mol. The third-order valence-electron chi connectivity index (χ3n) is 3.86. The van der Waals surface area contributed by atoms with Crippen LogP contribution < -0.4 is 5.32 Å². The number of amides is 2. The molecule has 0 aromatic carbocycles. The number of hydrogen-bond donors (Lipinski definition) is 1. The van der Waals surface area contributed by atoms with Gasteiger partial charge in [0.2, 0.25) is 11.8 Å². The third kappa shape index (κ3) is 2.19. The average Bonchev–Trinajstić information content (AvgIpc) is 2.61. The second kappa shape index (κ2) is 4.33. The Balaban J connectivity index is 2.38. The average molecular weight is 278 g/mol. The fourth-order valence-corrected chi connectivity index (χ4v) is 2.45. The maximum atomic E-state index is 12.6. The van der Waals surface area contributed by atoms with Gasteiger partial charge in [0, 0.05) is 7.05 Å². The fourth-order valence-electron chi connectivity index (χ4n) is 2.45. The van der Waals surface area contributed by atoms with Crippen LogP contribution in [0, 0.1) is 6.92 Å². The smallest absolute Gasteiger partial charge is 0.248 e. The van der Waals surface area contributed by atoms with Crippen molar-refractivity contribution in [2.75, 3.05) is 0 Å². The van der Waals surface area contributed by atoms with E-state index in [0.29, 0.717) is 6.54 Å². The molecule has 1 saturated heterocycles. The maximum Gasteiger partial charge on any atom is 0.248 e. The summed E-state index contributed by atoms with van der Waals surface area (Å²) in [5.41, 5.74) is 0.0632. The molecule has 1 aromatic heterocycles. The van der Waals surface area contributed by atoms with Gasteiger partial charge in [0.05, 0.1) is 17.9 Å². The lowest BCUT2D eigenvalue weighted by Crippen LogP contribution is -2.71. The Morgan fingerprint density at radius 1 is 1.25 bits per heavy atom. The highest BCUT2D eigenvalue weighted by Crippen LogP contribution is 2.27. The van der Waals surface area contributed by atoms with E-state index in [1.807, 2.05) is 20.0 Å². The normalized spacial score (nSPS) is 21.0. The van der Waals surface area contributed by atoms with Gasteiger partial charge in [0.1, 0.15) is 11.1 Å². The van der Waals surface area contributed by atoms with Crippen molar-refractivity contribution < 1.29 is 9.59 Å². The van der Waals surface area contributed by atoms with Crippen molar-refractivity contribution >= 4 is 11.8 Å². The summed E-state index contributed by atoms with van der Waals surface area (Å²) >= 11 is 0. The Hall–Kier alpha value is -1.85. The standard InChI is InChI=1S/C14H22N4O2/c1-9-7-10(17(6)16-9)8-18-12(20)13(2,3)15-11(19)14(18,4)5/h7H,8H2,1-6H3,(H,15,19). The van der Waals surface area contributed by atoms with E-state index in [4.69, 9.17) is 0 Å². The van der Waals surface area contributed by atoms with Gasteiger partial charge in [-0.05, 0) is 40.7 Å². The molecule has 6 nitrogen and oxygen atoms in total. The molecule has 0 aliphatic carbocycles. The Labute approximate surface area is 119 Å². The van der Waals surface area contributed by atoms with Gasteiger partial charge in [-0.1, -0.05) is 0 Å². The van der Waals surface area contributed by atoms with Crippen molar-refractivity contribution in [2.45, 2.75) is 52.2 Å². The number of aryl methyl sites for hydroxylation is 2. The molecule has 1 fully saturated rings. The van der Waals surface area contributed by atoms with Crippen LogP contribution in [0.15, 0.2) is 6.07 Å². The zero-order valence-corrected chi connectivity index (χ0v) is 12.9. The summed E-state index contributed by atoms with van der Waals surface area (Å²) in [5.74, 6) is -0.220. The maximum absolute atomic E-state index is 12.6. The minimum atomic E-state index is -0.875. The molecule has 0 atom stereocenters. The van der Waals surface area contributed by atoms with E-state index >= 15 is 0 Å². The summed E-state index contributed by atoms with van der Waals surface area (Å²) in [6.07, 6.45) is 0. The minimum Gasteiger partial charge on any atom is -0.340 e. The van der Waals surface area contributed by atoms with Gasteiger partial charge < -0.3 is 10.2 Å². The van der Waals surface area contributed by atoms with Crippen LogP contribution in [0.2, 0.25) is 0 Å². The van der Waals surface area contributed by atoms with Crippen LogP contribution in [-0.2, 0) is 23.2 Å². The van der Waals surface area contributed by atoms with Gasteiger partial charge in [0.25, 0.3) is 0 Å². The molecule has 6 heteroatoms. The number of carbonyl (C=O) groups is 2. The number of rotatable bonds is 2. The molecule has 110 valence electrons. The van der Waals surface area contributed by atoms with Crippen LogP contribution in [0.5, 0.6) is 0 Å². The topological polar surface area (TPSA) is 67.2 Å². The summed E-state index contributed by atoms with van der Waals surface area (Å²) in [5, 5.41) is 7.06. The molecule has 1 aliphatic heterocycles. The molecule has 1 aromatic rings. The molecule has 0 spiro atoms. The molecule has 1 N–H and O–H groups in total. The number of piperazine rings is 1. The molecule has 2 heterocycles. The molecule has 2 amide bonds. The first kappa shape index (κ1) is 14.6. The van der Waals surface area contributed by atoms with Crippen molar-refractivity contribution in [3.8, 4) is 0 Å². The van der Waals surface area contributed by atoms with E-state index in [9.17, 15) is 9.59 Å². The quantitative estimate of drug-likeness (QED) is 0.868. The summed E-state index contributed by atoms with van der Waals surface area (Å²) < 4.78 is 1.75. The largest absolute Gasteiger partial charge is 0.340 e. The highest BCUT2D eigenvalue weighted by molar-refractivity contribution is 6.01. The summed E-state index contributed by atoms with van der Waals surface area (Å²) in [6.45, 7) is 9.26. The number of aromatic nitrogens is 2. The van der Waals surface area contributed by atoms with E-state index in [2.05, 4.69) is 10.4 Å². The lowest BCUT2D eigenvalue weighted by molar-refractivity contribution is -0.160. The van der Waals surface area contributed by atoms with Gasteiger partial charge in [0.15, 0.2) is 0 Å². The molecule has 1 aliphatic rings. The van der Waals surface area contributed by atoms with E-state index in [0.717, 1.165) is 11.4 Å². The first-order valence-electron chi connectivity index (χ1n) is 6.70. The summed E-state index contributed by atoms with van der Waals surface area (Å²) in [7, 11) is 1.84. The molecule has 0 bridgehead atoms. The van der Waals surface area contributed by atoms with Crippen molar-refractivity contribution in [1.82, 2.24) is 20.0 Å². The van der Waals surface area contributed by atoms with Gasteiger partial charge in [-0.3, -0.25) is 14.3 Å². The lowest BCUT2D eigenvalue weighted by Gasteiger charge is -2.47. The van der Waals surface area contributed by atoms with Crippen LogP contribution in [0.4, 0.5) is 0 Å². The number of hydrogen-bond acceptors (Lipinski definition) is 3. The number of nitrogens with one attached hydrogen (secondary N) is 1. The first-order chi connectivity index (χ1) is 9.05.